The van der Waals surface area contributed by atoms with Gasteiger partial charge in [-0.15, -0.1) is 0 Å². The Morgan fingerprint density at radius 2 is 2.17 bits per heavy atom. The third-order valence-electron chi connectivity index (χ3n) is 3.60. The molecule has 1 saturated carbocycles. The van der Waals surface area contributed by atoms with Crippen molar-refractivity contribution in [1.29, 1.82) is 0 Å². The summed E-state index contributed by atoms with van der Waals surface area (Å²) >= 11 is 0. The Bertz CT molecular complexity index is 585. The number of fused-ring (bicyclic) bond motifs is 1. The zero-order valence-electron chi connectivity index (χ0n) is 9.85. The molecule has 0 bridgehead atoms. The minimum Gasteiger partial charge on any atom is -0.480 e. The molecule has 5 nitrogen and oxygen atoms in total. The summed E-state index contributed by atoms with van der Waals surface area (Å²) in [7, 11) is 0. The van der Waals surface area contributed by atoms with Gasteiger partial charge in [-0.2, -0.15) is 0 Å². The summed E-state index contributed by atoms with van der Waals surface area (Å²) in [5.74, 6) is -0.215. The Balaban J connectivity index is 2.00. The first-order valence-corrected chi connectivity index (χ1v) is 6.05. The zero-order valence-corrected chi connectivity index (χ0v) is 9.85. The summed E-state index contributed by atoms with van der Waals surface area (Å²) in [6.07, 6.45) is 6.34. The Morgan fingerprint density at radius 3 is 2.89 bits per heavy atom. The van der Waals surface area contributed by atoms with Crippen molar-refractivity contribution in [2.45, 2.75) is 31.2 Å². The number of aromatic nitrogens is 1. The molecule has 1 aliphatic carbocycles. The van der Waals surface area contributed by atoms with Gasteiger partial charge in [0.15, 0.2) is 0 Å². The molecule has 18 heavy (non-hydrogen) atoms. The normalized spacial score (nSPS) is 18.0. The van der Waals surface area contributed by atoms with Crippen molar-refractivity contribution >= 4 is 22.8 Å². The standard InChI is InChI=1S/C13H14N2O3/c16-12(17)13(5-1-2-6-13)15-11-9-4-8-18-10(9)3-7-14-11/h3-4,7-8H,1-2,5-6H2,(H,14,15)(H,16,17). The first kappa shape index (κ1) is 11.1. The summed E-state index contributed by atoms with van der Waals surface area (Å²) in [4.78, 5) is 15.7. The lowest BCUT2D eigenvalue weighted by atomic mass is 9.97. The molecular weight excluding hydrogens is 232 g/mol. The third-order valence-corrected chi connectivity index (χ3v) is 3.60. The number of nitrogens with zero attached hydrogens (tertiary/aromatic N) is 1. The number of pyridine rings is 1. The van der Waals surface area contributed by atoms with Gasteiger partial charge >= 0.3 is 5.97 Å². The summed E-state index contributed by atoms with van der Waals surface area (Å²) in [5, 5.41) is 13.4. The van der Waals surface area contributed by atoms with Crippen LogP contribution in [-0.4, -0.2) is 21.6 Å². The Labute approximate surface area is 104 Å². The molecule has 2 heterocycles. The molecule has 0 amide bonds. The van der Waals surface area contributed by atoms with Crippen LogP contribution in [0.1, 0.15) is 25.7 Å². The van der Waals surface area contributed by atoms with E-state index in [4.69, 9.17) is 4.42 Å². The van der Waals surface area contributed by atoms with Crippen LogP contribution in [0.5, 0.6) is 0 Å². The van der Waals surface area contributed by atoms with E-state index in [0.717, 1.165) is 18.2 Å². The van der Waals surface area contributed by atoms with Crippen LogP contribution in [0.25, 0.3) is 11.0 Å². The number of carboxylic acid groups (broad SMARTS) is 1. The zero-order chi connectivity index (χ0) is 12.6. The lowest BCUT2D eigenvalue weighted by molar-refractivity contribution is -0.142. The van der Waals surface area contributed by atoms with Gasteiger partial charge in [0.1, 0.15) is 16.9 Å². The highest BCUT2D eigenvalue weighted by Crippen LogP contribution is 2.34. The molecule has 0 atom stereocenters. The minimum atomic E-state index is -0.876. The maximum Gasteiger partial charge on any atom is 0.329 e. The van der Waals surface area contributed by atoms with E-state index in [2.05, 4.69) is 10.3 Å². The molecule has 5 heteroatoms. The lowest BCUT2D eigenvalue weighted by Gasteiger charge is -2.26. The molecule has 3 rings (SSSR count). The van der Waals surface area contributed by atoms with Gasteiger partial charge in [0.2, 0.25) is 0 Å². The van der Waals surface area contributed by atoms with Crippen molar-refractivity contribution in [2.24, 2.45) is 0 Å². The molecule has 94 valence electrons. The van der Waals surface area contributed by atoms with Crippen LogP contribution in [-0.2, 0) is 4.79 Å². The van der Waals surface area contributed by atoms with Gasteiger partial charge in [0.05, 0.1) is 11.6 Å². The van der Waals surface area contributed by atoms with Gasteiger partial charge in [-0.25, -0.2) is 9.78 Å². The molecule has 0 radical (unpaired) electrons. The number of aliphatic carboxylic acids is 1. The van der Waals surface area contributed by atoms with E-state index in [1.165, 1.54) is 0 Å². The fraction of sp³-hybridized carbons (Fsp3) is 0.385. The molecule has 2 N–H and O–H groups in total. The van der Waals surface area contributed by atoms with Crippen molar-refractivity contribution in [2.75, 3.05) is 5.32 Å². The fourth-order valence-electron chi connectivity index (χ4n) is 2.59. The number of carbonyl (C=O) groups is 1. The number of rotatable bonds is 3. The van der Waals surface area contributed by atoms with E-state index < -0.39 is 11.5 Å². The first-order chi connectivity index (χ1) is 8.71. The predicted octanol–water partition coefficient (Wildman–Crippen LogP) is 2.64. The molecule has 2 aromatic rings. The van der Waals surface area contributed by atoms with Gasteiger partial charge in [-0.3, -0.25) is 0 Å². The van der Waals surface area contributed by atoms with Crippen molar-refractivity contribution in [1.82, 2.24) is 4.98 Å². The molecule has 2 aromatic heterocycles. The highest BCUT2D eigenvalue weighted by atomic mass is 16.4. The van der Waals surface area contributed by atoms with E-state index in [-0.39, 0.29) is 0 Å². The Morgan fingerprint density at radius 1 is 1.39 bits per heavy atom. The average Bonchev–Trinajstić information content (AvgIpc) is 2.98. The van der Waals surface area contributed by atoms with E-state index >= 15 is 0 Å². The number of hydrogen-bond donors (Lipinski definition) is 2. The summed E-state index contributed by atoms with van der Waals surface area (Å²) < 4.78 is 5.29. The van der Waals surface area contributed by atoms with Crippen molar-refractivity contribution in [3.05, 3.63) is 24.6 Å². The van der Waals surface area contributed by atoms with Crippen LogP contribution < -0.4 is 5.32 Å². The molecule has 1 fully saturated rings. The van der Waals surface area contributed by atoms with Crippen LogP contribution in [0.3, 0.4) is 0 Å². The maximum atomic E-state index is 11.5. The number of anilines is 1. The van der Waals surface area contributed by atoms with E-state index in [1.807, 2.05) is 0 Å². The van der Waals surface area contributed by atoms with E-state index in [1.54, 1.807) is 24.6 Å². The van der Waals surface area contributed by atoms with Gasteiger partial charge in [-0.1, -0.05) is 12.8 Å². The highest BCUT2D eigenvalue weighted by molar-refractivity contribution is 5.91. The number of furan rings is 1. The maximum absolute atomic E-state index is 11.5. The molecule has 0 aromatic carbocycles. The van der Waals surface area contributed by atoms with Crippen LogP contribution in [0.4, 0.5) is 5.82 Å². The van der Waals surface area contributed by atoms with Gasteiger partial charge < -0.3 is 14.8 Å². The van der Waals surface area contributed by atoms with E-state index in [9.17, 15) is 9.90 Å². The minimum absolute atomic E-state index is 0.588. The molecule has 0 unspecified atom stereocenters. The second-order valence-electron chi connectivity index (χ2n) is 4.71. The quantitative estimate of drug-likeness (QED) is 0.870. The van der Waals surface area contributed by atoms with Crippen LogP contribution in [0.15, 0.2) is 29.0 Å². The Kier molecular flexibility index (Phi) is 2.47. The third kappa shape index (κ3) is 1.63. The van der Waals surface area contributed by atoms with Crippen molar-refractivity contribution < 1.29 is 14.3 Å². The lowest BCUT2D eigenvalue weighted by Crippen LogP contribution is -2.43. The number of carboxylic acids is 1. The second kappa shape index (κ2) is 4.01. The Hall–Kier alpha value is -2.04. The van der Waals surface area contributed by atoms with Crippen molar-refractivity contribution in [3.8, 4) is 0 Å². The monoisotopic (exact) mass is 246 g/mol. The number of nitrogens with one attached hydrogen (secondary N) is 1. The second-order valence-corrected chi connectivity index (χ2v) is 4.71. The van der Waals surface area contributed by atoms with Crippen LogP contribution >= 0.6 is 0 Å². The van der Waals surface area contributed by atoms with Crippen molar-refractivity contribution in [3.63, 3.8) is 0 Å². The van der Waals surface area contributed by atoms with Gasteiger partial charge in [-0.05, 0) is 25.0 Å². The van der Waals surface area contributed by atoms with Crippen LogP contribution in [0.2, 0.25) is 0 Å². The molecule has 0 aliphatic heterocycles. The van der Waals surface area contributed by atoms with Gasteiger partial charge in [0, 0.05) is 6.20 Å². The summed E-state index contributed by atoms with van der Waals surface area (Å²) in [6, 6.07) is 3.57. The molecule has 0 spiro atoms. The van der Waals surface area contributed by atoms with E-state index in [0.29, 0.717) is 24.2 Å². The number of hydrogen-bond acceptors (Lipinski definition) is 4. The summed E-state index contributed by atoms with van der Waals surface area (Å²) in [5.41, 5.74) is -0.163. The molecule has 1 aliphatic rings. The van der Waals surface area contributed by atoms with Gasteiger partial charge in [0.25, 0.3) is 0 Å². The topological polar surface area (TPSA) is 75.4 Å². The smallest absolute Gasteiger partial charge is 0.329 e. The highest BCUT2D eigenvalue weighted by Gasteiger charge is 2.41. The molecule has 0 saturated heterocycles. The van der Waals surface area contributed by atoms with Crippen LogP contribution in [0, 0.1) is 0 Å². The first-order valence-electron chi connectivity index (χ1n) is 6.05. The SMILES string of the molecule is O=C(O)C1(Nc2nccc3occc23)CCCC1. The fourth-order valence-corrected chi connectivity index (χ4v) is 2.59. The molecular formula is C13H14N2O3. The average molecular weight is 246 g/mol. The summed E-state index contributed by atoms with van der Waals surface area (Å²) in [6.45, 7) is 0. The predicted molar refractivity (Wildman–Crippen MR) is 66.5 cm³/mol. The largest absolute Gasteiger partial charge is 0.480 e.